The zero-order valence-corrected chi connectivity index (χ0v) is 17.8. The molecule has 1 saturated carbocycles. The van der Waals surface area contributed by atoms with Crippen LogP contribution < -0.4 is 14.8 Å². The Morgan fingerprint density at radius 2 is 1.64 bits per heavy atom. The number of aromatic nitrogens is 2. The highest BCUT2D eigenvalue weighted by Gasteiger charge is 2.27. The summed E-state index contributed by atoms with van der Waals surface area (Å²) in [6.45, 7) is 0. The van der Waals surface area contributed by atoms with E-state index in [1.807, 2.05) is 54.6 Å². The average Bonchev–Trinajstić information content (AvgIpc) is 3.34. The molecule has 166 valence electrons. The van der Waals surface area contributed by atoms with Crippen molar-refractivity contribution in [1.82, 2.24) is 9.97 Å². The van der Waals surface area contributed by atoms with E-state index in [-0.39, 0.29) is 17.5 Å². The Morgan fingerprint density at radius 3 is 2.36 bits per heavy atom. The van der Waals surface area contributed by atoms with E-state index in [1.165, 1.54) is 6.33 Å². The van der Waals surface area contributed by atoms with Crippen LogP contribution >= 0.6 is 0 Å². The summed E-state index contributed by atoms with van der Waals surface area (Å²) in [5.74, 6) is 2.02. The molecule has 0 radical (unpaired) electrons. The van der Waals surface area contributed by atoms with Gasteiger partial charge in [-0.25, -0.2) is 9.97 Å². The molecule has 4 aromatic rings. The lowest BCUT2D eigenvalue weighted by Crippen LogP contribution is -2.12. The van der Waals surface area contributed by atoms with E-state index < -0.39 is 4.92 Å². The lowest BCUT2D eigenvalue weighted by atomic mass is 10.1. The number of nitrogens with zero attached hydrogens (tertiary/aromatic N) is 3. The smallest absolute Gasteiger partial charge is 0.324 e. The van der Waals surface area contributed by atoms with Crippen molar-refractivity contribution in [2.45, 2.75) is 31.8 Å². The molecule has 1 aromatic heterocycles. The number of anilines is 2. The maximum atomic E-state index is 12.1. The maximum absolute atomic E-state index is 12.1. The van der Waals surface area contributed by atoms with Crippen molar-refractivity contribution < 1.29 is 14.4 Å². The second-order valence-corrected chi connectivity index (χ2v) is 7.87. The summed E-state index contributed by atoms with van der Waals surface area (Å²) in [6.07, 6.45) is 5.35. The van der Waals surface area contributed by atoms with E-state index in [1.54, 1.807) is 12.1 Å². The largest absolute Gasteiger partial charge is 0.483 e. The summed E-state index contributed by atoms with van der Waals surface area (Å²) in [7, 11) is 0. The van der Waals surface area contributed by atoms with E-state index in [0.717, 1.165) is 31.4 Å². The average molecular weight is 442 g/mol. The van der Waals surface area contributed by atoms with Gasteiger partial charge in [0, 0.05) is 5.69 Å². The molecular formula is C25H22N4O4. The van der Waals surface area contributed by atoms with Crippen molar-refractivity contribution in [3.8, 4) is 17.2 Å². The molecule has 0 bridgehead atoms. The molecule has 8 nitrogen and oxygen atoms in total. The molecule has 0 unspecified atom stereocenters. The molecule has 1 aliphatic rings. The van der Waals surface area contributed by atoms with Crippen molar-refractivity contribution in [2.24, 2.45) is 0 Å². The van der Waals surface area contributed by atoms with Gasteiger partial charge in [0.25, 0.3) is 0 Å². The number of fused-ring (bicyclic) bond motifs is 1. The Morgan fingerprint density at radius 1 is 0.909 bits per heavy atom. The quantitative estimate of drug-likeness (QED) is 0.261. The van der Waals surface area contributed by atoms with Crippen molar-refractivity contribution in [3.05, 3.63) is 83.2 Å². The molecule has 5 rings (SSSR count). The lowest BCUT2D eigenvalue weighted by molar-refractivity contribution is -0.384. The van der Waals surface area contributed by atoms with Gasteiger partial charge in [-0.1, -0.05) is 18.2 Å². The summed E-state index contributed by atoms with van der Waals surface area (Å²) in [5, 5.41) is 15.6. The van der Waals surface area contributed by atoms with Gasteiger partial charge in [-0.15, -0.1) is 0 Å². The van der Waals surface area contributed by atoms with Crippen LogP contribution in [-0.4, -0.2) is 21.0 Å². The molecule has 3 aromatic carbocycles. The highest BCUT2D eigenvalue weighted by atomic mass is 16.6. The number of ether oxygens (including phenoxy) is 2. The monoisotopic (exact) mass is 442 g/mol. The zero-order valence-electron chi connectivity index (χ0n) is 17.8. The topological polar surface area (TPSA) is 99.4 Å². The third kappa shape index (κ3) is 4.55. The van der Waals surface area contributed by atoms with E-state index in [9.17, 15) is 10.1 Å². The molecule has 1 heterocycles. The predicted octanol–water partition coefficient (Wildman–Crippen LogP) is 6.40. The Labute approximate surface area is 190 Å². The standard InChI is InChI=1S/C25H22N4O4/c30-29(31)24-22(33-19-8-4-5-9-19)15-14-21-23(24)25(27-16-26-21)28-17-10-12-20(13-11-17)32-18-6-2-1-3-7-18/h1-3,6-7,10-16,19H,4-5,8-9H2,(H,26,27,28). The first-order chi connectivity index (χ1) is 16.2. The van der Waals surface area contributed by atoms with Crippen LogP contribution in [0.3, 0.4) is 0 Å². The van der Waals surface area contributed by atoms with Gasteiger partial charge in [0.2, 0.25) is 0 Å². The minimum atomic E-state index is -0.419. The molecule has 1 fully saturated rings. The van der Waals surface area contributed by atoms with Crippen LogP contribution in [-0.2, 0) is 0 Å². The van der Waals surface area contributed by atoms with Gasteiger partial charge in [0.05, 0.1) is 16.5 Å². The van der Waals surface area contributed by atoms with E-state index in [4.69, 9.17) is 9.47 Å². The Balaban J connectivity index is 1.45. The minimum Gasteiger partial charge on any atom is -0.483 e. The molecular weight excluding hydrogens is 420 g/mol. The number of benzene rings is 3. The fourth-order valence-corrected chi connectivity index (χ4v) is 4.04. The summed E-state index contributed by atoms with van der Waals surface area (Å²) in [4.78, 5) is 20.2. The van der Waals surface area contributed by atoms with E-state index in [0.29, 0.717) is 28.2 Å². The second kappa shape index (κ2) is 9.12. The van der Waals surface area contributed by atoms with Gasteiger partial charge in [-0.2, -0.15) is 0 Å². The summed E-state index contributed by atoms with van der Waals surface area (Å²) in [6, 6.07) is 20.2. The fraction of sp³-hybridized carbons (Fsp3) is 0.200. The lowest BCUT2D eigenvalue weighted by Gasteiger charge is -2.15. The van der Waals surface area contributed by atoms with Gasteiger partial charge in [-0.3, -0.25) is 10.1 Å². The third-order valence-corrected chi connectivity index (χ3v) is 5.61. The Bertz CT molecular complexity index is 1270. The number of hydrogen-bond acceptors (Lipinski definition) is 7. The molecule has 0 spiro atoms. The van der Waals surface area contributed by atoms with Crippen LogP contribution in [0.2, 0.25) is 0 Å². The Hall–Kier alpha value is -4.20. The summed E-state index contributed by atoms with van der Waals surface area (Å²) >= 11 is 0. The van der Waals surface area contributed by atoms with E-state index in [2.05, 4.69) is 15.3 Å². The van der Waals surface area contributed by atoms with Crippen LogP contribution in [0.1, 0.15) is 25.7 Å². The molecule has 33 heavy (non-hydrogen) atoms. The number of nitrogens with one attached hydrogen (secondary N) is 1. The molecule has 0 amide bonds. The number of nitro groups is 1. The van der Waals surface area contributed by atoms with Gasteiger partial charge in [0.1, 0.15) is 29.0 Å². The minimum absolute atomic E-state index is 0.000603. The van der Waals surface area contributed by atoms with Crippen molar-refractivity contribution in [3.63, 3.8) is 0 Å². The van der Waals surface area contributed by atoms with Gasteiger partial charge in [0.15, 0.2) is 5.75 Å². The fourth-order valence-electron chi connectivity index (χ4n) is 4.04. The highest BCUT2D eigenvalue weighted by Crippen LogP contribution is 2.40. The molecule has 0 atom stereocenters. The summed E-state index contributed by atoms with van der Waals surface area (Å²) < 4.78 is 11.8. The maximum Gasteiger partial charge on any atom is 0.324 e. The summed E-state index contributed by atoms with van der Waals surface area (Å²) in [5.41, 5.74) is 1.07. The predicted molar refractivity (Wildman–Crippen MR) is 125 cm³/mol. The number of para-hydroxylation sites is 1. The normalized spacial score (nSPS) is 13.7. The number of hydrogen-bond donors (Lipinski definition) is 1. The highest BCUT2D eigenvalue weighted by molar-refractivity contribution is 6.00. The molecule has 1 aliphatic carbocycles. The zero-order chi connectivity index (χ0) is 22.6. The third-order valence-electron chi connectivity index (χ3n) is 5.61. The number of nitro benzene ring substituents is 1. The first-order valence-corrected chi connectivity index (χ1v) is 10.9. The van der Waals surface area contributed by atoms with Crippen LogP contribution in [0.4, 0.5) is 17.2 Å². The first-order valence-electron chi connectivity index (χ1n) is 10.9. The van der Waals surface area contributed by atoms with Gasteiger partial charge >= 0.3 is 5.69 Å². The van der Waals surface area contributed by atoms with E-state index >= 15 is 0 Å². The second-order valence-electron chi connectivity index (χ2n) is 7.87. The van der Waals surface area contributed by atoms with Crippen LogP contribution in [0.5, 0.6) is 17.2 Å². The van der Waals surface area contributed by atoms with Crippen LogP contribution in [0, 0.1) is 10.1 Å². The van der Waals surface area contributed by atoms with Gasteiger partial charge in [-0.05, 0) is 74.2 Å². The van der Waals surface area contributed by atoms with Crippen molar-refractivity contribution in [2.75, 3.05) is 5.32 Å². The molecule has 0 aliphatic heterocycles. The van der Waals surface area contributed by atoms with Crippen LogP contribution in [0.15, 0.2) is 73.1 Å². The SMILES string of the molecule is O=[N+]([O-])c1c(OC2CCCC2)ccc2ncnc(Nc3ccc(Oc4ccccc4)cc3)c12. The molecule has 8 heteroatoms. The van der Waals surface area contributed by atoms with Gasteiger partial charge < -0.3 is 14.8 Å². The Kier molecular flexibility index (Phi) is 5.72. The molecule has 0 saturated heterocycles. The van der Waals surface area contributed by atoms with Crippen molar-refractivity contribution in [1.29, 1.82) is 0 Å². The first kappa shape index (κ1) is 20.7. The number of rotatable bonds is 7. The molecule has 1 N–H and O–H groups in total. The van der Waals surface area contributed by atoms with Crippen molar-refractivity contribution >= 4 is 28.1 Å². The van der Waals surface area contributed by atoms with Crippen LogP contribution in [0.25, 0.3) is 10.9 Å².